The molecule has 4 atom stereocenters. The number of aliphatic carboxylic acids is 1. The van der Waals surface area contributed by atoms with Crippen LogP contribution in [0.2, 0.25) is 0 Å². The molecule has 1 saturated carbocycles. The molecule has 3 nitrogen and oxygen atoms in total. The fourth-order valence-electron chi connectivity index (χ4n) is 2.98. The lowest BCUT2D eigenvalue weighted by atomic mass is 9.68. The van der Waals surface area contributed by atoms with Crippen LogP contribution in [0, 0.1) is 17.8 Å². The lowest BCUT2D eigenvalue weighted by Gasteiger charge is -2.37. The van der Waals surface area contributed by atoms with Gasteiger partial charge in [-0.25, -0.2) is 0 Å². The summed E-state index contributed by atoms with van der Waals surface area (Å²) >= 11 is 0. The summed E-state index contributed by atoms with van der Waals surface area (Å²) in [5.41, 5.74) is 5.63. The molecule has 0 aliphatic heterocycles. The van der Waals surface area contributed by atoms with Gasteiger partial charge in [0.1, 0.15) is 6.04 Å². The smallest absolute Gasteiger partial charge is 0.320 e. The van der Waals surface area contributed by atoms with Gasteiger partial charge in [-0.05, 0) is 37.0 Å². The van der Waals surface area contributed by atoms with E-state index < -0.39 is 12.0 Å². The molecular formula is C13H19NO2. The Bertz CT molecular complexity index is 322. The first-order chi connectivity index (χ1) is 7.68. The van der Waals surface area contributed by atoms with Gasteiger partial charge in [0, 0.05) is 0 Å². The van der Waals surface area contributed by atoms with Crippen LogP contribution in [0.5, 0.6) is 0 Å². The van der Waals surface area contributed by atoms with Gasteiger partial charge in [-0.1, -0.05) is 30.7 Å². The largest absolute Gasteiger partial charge is 0.480 e. The third-order valence-electron chi connectivity index (χ3n) is 3.83. The minimum atomic E-state index is -0.877. The zero-order valence-corrected chi connectivity index (χ0v) is 9.38. The minimum absolute atomic E-state index is 0.436. The topological polar surface area (TPSA) is 63.3 Å². The van der Waals surface area contributed by atoms with Gasteiger partial charge < -0.3 is 10.8 Å². The summed E-state index contributed by atoms with van der Waals surface area (Å²) in [6, 6.07) is -0.706. The van der Waals surface area contributed by atoms with Crippen molar-refractivity contribution in [1.82, 2.24) is 0 Å². The molecule has 1 fully saturated rings. The monoisotopic (exact) mass is 221 g/mol. The van der Waals surface area contributed by atoms with Crippen molar-refractivity contribution >= 4 is 5.97 Å². The first-order valence-electron chi connectivity index (χ1n) is 6.02. The lowest BCUT2D eigenvalue weighted by molar-refractivity contribution is -0.139. The van der Waals surface area contributed by atoms with Crippen molar-refractivity contribution in [3.8, 4) is 0 Å². The van der Waals surface area contributed by atoms with Crippen molar-refractivity contribution in [2.75, 3.05) is 0 Å². The summed E-state index contributed by atoms with van der Waals surface area (Å²) in [6.45, 7) is 0. The van der Waals surface area contributed by atoms with E-state index >= 15 is 0 Å². The van der Waals surface area contributed by atoms with Crippen molar-refractivity contribution in [2.24, 2.45) is 23.5 Å². The summed E-state index contributed by atoms with van der Waals surface area (Å²) in [5.74, 6) is 0.664. The van der Waals surface area contributed by atoms with E-state index in [2.05, 4.69) is 24.3 Å². The number of hydrogen-bond donors (Lipinski definition) is 2. The van der Waals surface area contributed by atoms with E-state index in [4.69, 9.17) is 10.8 Å². The average Bonchev–Trinajstić information content (AvgIpc) is 2.29. The summed E-state index contributed by atoms with van der Waals surface area (Å²) in [6.07, 6.45) is 12.8. The fraction of sp³-hybridized carbons (Fsp3) is 0.615. The van der Waals surface area contributed by atoms with Crippen LogP contribution >= 0.6 is 0 Å². The summed E-state index contributed by atoms with van der Waals surface area (Å²) in [7, 11) is 0. The van der Waals surface area contributed by atoms with Crippen molar-refractivity contribution in [3.63, 3.8) is 0 Å². The van der Waals surface area contributed by atoms with Crippen molar-refractivity contribution in [1.29, 1.82) is 0 Å². The van der Waals surface area contributed by atoms with Crippen LogP contribution in [-0.4, -0.2) is 17.1 Å². The molecule has 2 rings (SSSR count). The molecule has 0 saturated heterocycles. The van der Waals surface area contributed by atoms with Crippen LogP contribution < -0.4 is 5.73 Å². The van der Waals surface area contributed by atoms with Crippen LogP contribution in [0.25, 0.3) is 0 Å². The summed E-state index contributed by atoms with van der Waals surface area (Å²) in [4.78, 5) is 10.8. The Hall–Kier alpha value is -1.09. The Balaban J connectivity index is 2.01. The van der Waals surface area contributed by atoms with Gasteiger partial charge >= 0.3 is 5.97 Å². The number of allylic oxidation sites excluding steroid dienone is 4. The predicted molar refractivity (Wildman–Crippen MR) is 62.8 cm³/mol. The first kappa shape index (κ1) is 11.4. The van der Waals surface area contributed by atoms with Gasteiger partial charge in [-0.2, -0.15) is 0 Å². The van der Waals surface area contributed by atoms with Crippen molar-refractivity contribution < 1.29 is 9.90 Å². The highest BCUT2D eigenvalue weighted by atomic mass is 16.4. The van der Waals surface area contributed by atoms with E-state index in [9.17, 15) is 4.79 Å². The number of rotatable bonds is 3. The maximum absolute atomic E-state index is 10.8. The number of carbonyl (C=O) groups is 1. The van der Waals surface area contributed by atoms with Gasteiger partial charge in [0.25, 0.3) is 0 Å². The van der Waals surface area contributed by atoms with Gasteiger partial charge in [-0.15, -0.1) is 0 Å². The highest BCUT2D eigenvalue weighted by molar-refractivity contribution is 5.73. The molecule has 0 aromatic heterocycles. The van der Waals surface area contributed by atoms with Gasteiger partial charge in [0.2, 0.25) is 0 Å². The third-order valence-corrected chi connectivity index (χ3v) is 3.83. The number of carboxylic acid groups (broad SMARTS) is 1. The van der Waals surface area contributed by atoms with Gasteiger partial charge in [0.05, 0.1) is 0 Å². The average molecular weight is 221 g/mol. The molecular weight excluding hydrogens is 202 g/mol. The second-order valence-corrected chi connectivity index (χ2v) is 4.88. The summed E-state index contributed by atoms with van der Waals surface area (Å²) in [5, 5.41) is 8.85. The second-order valence-electron chi connectivity index (χ2n) is 4.88. The molecule has 0 radical (unpaired) electrons. The minimum Gasteiger partial charge on any atom is -0.480 e. The maximum Gasteiger partial charge on any atom is 0.320 e. The van der Waals surface area contributed by atoms with E-state index in [1.54, 1.807) is 0 Å². The molecule has 3 N–H and O–H groups in total. The molecule has 0 aromatic rings. The Kier molecular flexibility index (Phi) is 3.44. The Morgan fingerprint density at radius 1 is 1.38 bits per heavy atom. The molecule has 0 aromatic carbocycles. The number of hydrogen-bond acceptors (Lipinski definition) is 2. The van der Waals surface area contributed by atoms with Gasteiger partial charge in [-0.3, -0.25) is 4.79 Å². The molecule has 2 aliphatic rings. The van der Waals surface area contributed by atoms with Gasteiger partial charge in [0.15, 0.2) is 0 Å². The summed E-state index contributed by atoms with van der Waals surface area (Å²) < 4.78 is 0. The van der Waals surface area contributed by atoms with E-state index in [0.717, 1.165) is 6.42 Å². The number of carboxylic acids is 1. The Morgan fingerprint density at radius 2 is 2.12 bits per heavy atom. The van der Waals surface area contributed by atoms with E-state index in [-0.39, 0.29) is 0 Å². The lowest BCUT2D eigenvalue weighted by Crippen LogP contribution is -2.37. The molecule has 88 valence electrons. The molecule has 3 heteroatoms. The van der Waals surface area contributed by atoms with Crippen molar-refractivity contribution in [3.05, 3.63) is 24.3 Å². The quantitative estimate of drug-likeness (QED) is 0.765. The van der Waals surface area contributed by atoms with Crippen LogP contribution in [0.15, 0.2) is 24.3 Å². The Labute approximate surface area is 96.0 Å². The van der Waals surface area contributed by atoms with Crippen molar-refractivity contribution in [2.45, 2.75) is 31.7 Å². The molecule has 0 amide bonds. The Morgan fingerprint density at radius 3 is 2.88 bits per heavy atom. The highest BCUT2D eigenvalue weighted by Crippen LogP contribution is 2.40. The molecule has 0 bridgehead atoms. The van der Waals surface area contributed by atoms with Crippen LogP contribution in [0.1, 0.15) is 25.7 Å². The van der Waals surface area contributed by atoms with Crippen LogP contribution in [-0.2, 0) is 4.79 Å². The molecule has 16 heavy (non-hydrogen) atoms. The van der Waals surface area contributed by atoms with Crippen LogP contribution in [0.3, 0.4) is 0 Å². The van der Waals surface area contributed by atoms with E-state index in [1.165, 1.54) is 12.8 Å². The highest BCUT2D eigenvalue weighted by Gasteiger charge is 2.32. The number of nitrogens with two attached hydrogens (primary N) is 1. The molecule has 4 unspecified atom stereocenters. The first-order valence-corrected chi connectivity index (χ1v) is 6.02. The second kappa shape index (κ2) is 4.83. The van der Waals surface area contributed by atoms with E-state index in [0.29, 0.717) is 24.2 Å². The zero-order valence-electron chi connectivity index (χ0n) is 9.38. The third kappa shape index (κ3) is 2.35. The molecule has 2 aliphatic carbocycles. The van der Waals surface area contributed by atoms with E-state index in [1.807, 2.05) is 0 Å². The predicted octanol–water partition coefficient (Wildman–Crippen LogP) is 1.95. The molecule has 0 heterocycles. The van der Waals surface area contributed by atoms with Crippen LogP contribution in [0.4, 0.5) is 0 Å². The maximum atomic E-state index is 10.8. The number of fused-ring (bicyclic) bond motifs is 1. The SMILES string of the molecule is NC(CC1CCCC2C=CC=CC21)C(=O)O. The molecule has 0 spiro atoms. The fourth-order valence-corrected chi connectivity index (χ4v) is 2.98. The zero-order chi connectivity index (χ0) is 11.5. The standard InChI is InChI=1S/C13H19NO2/c14-12(13(15)16)8-10-6-3-5-9-4-1-2-7-11(9)10/h1-2,4,7,9-12H,3,5-6,8,14H2,(H,15,16). The normalized spacial score (nSPS) is 34.4.